The number of carbonyl (C=O) groups excluding carboxylic acids is 1. The predicted molar refractivity (Wildman–Crippen MR) is 70.4 cm³/mol. The minimum absolute atomic E-state index is 0.0392. The molecule has 0 aromatic heterocycles. The van der Waals surface area contributed by atoms with Crippen LogP contribution >= 0.6 is 15.9 Å². The van der Waals surface area contributed by atoms with Gasteiger partial charge in [-0.25, -0.2) is 0 Å². The third-order valence-electron chi connectivity index (χ3n) is 3.19. The molecular weight excluding hydrogens is 282 g/mol. The second-order valence-electron chi connectivity index (χ2n) is 4.35. The van der Waals surface area contributed by atoms with Gasteiger partial charge in [-0.15, -0.1) is 0 Å². The van der Waals surface area contributed by atoms with E-state index >= 15 is 0 Å². The lowest BCUT2D eigenvalue weighted by molar-refractivity contribution is 0.0938. The first kappa shape index (κ1) is 12.4. The van der Waals surface area contributed by atoms with Crippen molar-refractivity contribution in [2.24, 2.45) is 5.92 Å². The van der Waals surface area contributed by atoms with Crippen LogP contribution in [-0.2, 0) is 0 Å². The first-order valence-corrected chi connectivity index (χ1v) is 6.61. The predicted octanol–water partition coefficient (Wildman–Crippen LogP) is 2.99. The fraction of sp³-hybridized carbons (Fsp3) is 0.462. The second-order valence-corrected chi connectivity index (χ2v) is 5.21. The summed E-state index contributed by atoms with van der Waals surface area (Å²) in [6, 6.07) is 5.41. The summed E-state index contributed by atoms with van der Waals surface area (Å²) in [6.07, 6.45) is 3.77. The topological polar surface area (TPSA) is 38.3 Å². The number of nitrogens with one attached hydrogen (secondary N) is 1. The van der Waals surface area contributed by atoms with Gasteiger partial charge in [-0.3, -0.25) is 4.79 Å². The van der Waals surface area contributed by atoms with Crippen LogP contribution in [0.4, 0.5) is 0 Å². The van der Waals surface area contributed by atoms with Gasteiger partial charge in [-0.1, -0.05) is 6.42 Å². The normalized spacial score (nSPS) is 15.2. The van der Waals surface area contributed by atoms with Crippen LogP contribution in [0.3, 0.4) is 0 Å². The van der Waals surface area contributed by atoms with Crippen LogP contribution in [0.2, 0.25) is 0 Å². The lowest BCUT2D eigenvalue weighted by Gasteiger charge is -2.25. The zero-order chi connectivity index (χ0) is 12.3. The average molecular weight is 298 g/mol. The summed E-state index contributed by atoms with van der Waals surface area (Å²) in [5.74, 6) is 1.33. The molecule has 1 aliphatic rings. The molecular formula is C13H16BrNO2. The highest BCUT2D eigenvalue weighted by molar-refractivity contribution is 9.10. The molecule has 1 aromatic carbocycles. The van der Waals surface area contributed by atoms with Crippen molar-refractivity contribution in [3.8, 4) is 5.75 Å². The van der Waals surface area contributed by atoms with Gasteiger partial charge < -0.3 is 10.1 Å². The largest absolute Gasteiger partial charge is 0.497 e. The number of amides is 1. The van der Waals surface area contributed by atoms with Crippen LogP contribution < -0.4 is 10.1 Å². The van der Waals surface area contributed by atoms with E-state index in [1.807, 2.05) is 12.1 Å². The first-order chi connectivity index (χ1) is 8.20. The van der Waals surface area contributed by atoms with Crippen molar-refractivity contribution in [1.82, 2.24) is 5.32 Å². The van der Waals surface area contributed by atoms with Gasteiger partial charge in [0, 0.05) is 11.0 Å². The molecule has 0 saturated heterocycles. The Morgan fingerprint density at radius 2 is 2.29 bits per heavy atom. The molecule has 0 spiro atoms. The molecule has 0 heterocycles. The van der Waals surface area contributed by atoms with E-state index in [0.29, 0.717) is 17.2 Å². The van der Waals surface area contributed by atoms with Crippen LogP contribution in [0.15, 0.2) is 22.7 Å². The summed E-state index contributed by atoms with van der Waals surface area (Å²) in [6.45, 7) is 0.780. The van der Waals surface area contributed by atoms with Gasteiger partial charge in [0.2, 0.25) is 0 Å². The molecule has 1 aromatic rings. The molecule has 2 rings (SSSR count). The Morgan fingerprint density at radius 3 is 2.88 bits per heavy atom. The van der Waals surface area contributed by atoms with E-state index in [1.165, 1.54) is 19.3 Å². The fourth-order valence-electron chi connectivity index (χ4n) is 1.83. The number of benzene rings is 1. The highest BCUT2D eigenvalue weighted by atomic mass is 79.9. The quantitative estimate of drug-likeness (QED) is 0.928. The van der Waals surface area contributed by atoms with Gasteiger partial charge in [0.25, 0.3) is 5.91 Å². The molecule has 92 valence electrons. The molecule has 0 radical (unpaired) electrons. The minimum atomic E-state index is -0.0392. The van der Waals surface area contributed by atoms with E-state index in [1.54, 1.807) is 13.2 Å². The Bertz CT molecular complexity index is 416. The highest BCUT2D eigenvalue weighted by Crippen LogP contribution is 2.26. The van der Waals surface area contributed by atoms with E-state index in [4.69, 9.17) is 4.74 Å². The van der Waals surface area contributed by atoms with Gasteiger partial charge in [0.1, 0.15) is 5.75 Å². The number of hydrogen-bond acceptors (Lipinski definition) is 2. The molecule has 1 aliphatic carbocycles. The second kappa shape index (κ2) is 5.54. The van der Waals surface area contributed by atoms with Gasteiger partial charge in [0.15, 0.2) is 0 Å². The van der Waals surface area contributed by atoms with Crippen molar-refractivity contribution in [2.75, 3.05) is 13.7 Å². The van der Waals surface area contributed by atoms with E-state index in [-0.39, 0.29) is 5.91 Å². The Labute approximate surface area is 110 Å². The fourth-order valence-corrected chi connectivity index (χ4v) is 2.26. The van der Waals surface area contributed by atoms with Crippen LogP contribution in [0.1, 0.15) is 29.6 Å². The Balaban J connectivity index is 2.01. The number of hydrogen-bond donors (Lipinski definition) is 1. The van der Waals surface area contributed by atoms with Crippen molar-refractivity contribution in [1.29, 1.82) is 0 Å². The van der Waals surface area contributed by atoms with Gasteiger partial charge in [0.05, 0.1) is 12.7 Å². The zero-order valence-electron chi connectivity index (χ0n) is 9.83. The maximum absolute atomic E-state index is 12.0. The van der Waals surface area contributed by atoms with Gasteiger partial charge in [-0.05, 0) is 52.9 Å². The van der Waals surface area contributed by atoms with Gasteiger partial charge in [-0.2, -0.15) is 0 Å². The third kappa shape index (κ3) is 3.00. The Hall–Kier alpha value is -1.03. The SMILES string of the molecule is COc1ccc(Br)c(C(=O)NCC2CCC2)c1. The molecule has 1 amide bonds. The van der Waals surface area contributed by atoms with E-state index in [9.17, 15) is 4.79 Å². The van der Waals surface area contributed by atoms with E-state index in [0.717, 1.165) is 11.0 Å². The number of halogens is 1. The zero-order valence-corrected chi connectivity index (χ0v) is 11.4. The Kier molecular flexibility index (Phi) is 4.05. The molecule has 0 aliphatic heterocycles. The Morgan fingerprint density at radius 1 is 1.53 bits per heavy atom. The van der Waals surface area contributed by atoms with Crippen LogP contribution in [-0.4, -0.2) is 19.6 Å². The molecule has 0 atom stereocenters. The summed E-state index contributed by atoms with van der Waals surface area (Å²) in [5, 5.41) is 2.97. The minimum Gasteiger partial charge on any atom is -0.497 e. The maximum Gasteiger partial charge on any atom is 0.252 e. The maximum atomic E-state index is 12.0. The molecule has 1 fully saturated rings. The van der Waals surface area contributed by atoms with Crippen LogP contribution in [0.25, 0.3) is 0 Å². The molecule has 1 N–H and O–H groups in total. The lowest BCUT2D eigenvalue weighted by Crippen LogP contribution is -2.32. The van der Waals surface area contributed by atoms with Crippen molar-refractivity contribution >= 4 is 21.8 Å². The van der Waals surface area contributed by atoms with Crippen molar-refractivity contribution < 1.29 is 9.53 Å². The molecule has 4 heteroatoms. The van der Waals surface area contributed by atoms with Crippen molar-refractivity contribution in [2.45, 2.75) is 19.3 Å². The summed E-state index contributed by atoms with van der Waals surface area (Å²) in [5.41, 5.74) is 0.628. The van der Waals surface area contributed by atoms with E-state index < -0.39 is 0 Å². The summed E-state index contributed by atoms with van der Waals surface area (Å²) in [7, 11) is 1.60. The number of ether oxygens (including phenoxy) is 1. The number of carbonyl (C=O) groups is 1. The molecule has 3 nitrogen and oxygen atoms in total. The molecule has 17 heavy (non-hydrogen) atoms. The lowest BCUT2D eigenvalue weighted by atomic mass is 9.85. The third-order valence-corrected chi connectivity index (χ3v) is 3.89. The first-order valence-electron chi connectivity index (χ1n) is 5.82. The summed E-state index contributed by atoms with van der Waals surface area (Å²) < 4.78 is 5.91. The van der Waals surface area contributed by atoms with Crippen molar-refractivity contribution in [3.05, 3.63) is 28.2 Å². The van der Waals surface area contributed by atoms with Gasteiger partial charge >= 0.3 is 0 Å². The monoisotopic (exact) mass is 297 g/mol. The van der Waals surface area contributed by atoms with Crippen LogP contribution in [0, 0.1) is 5.92 Å². The molecule has 0 bridgehead atoms. The molecule has 1 saturated carbocycles. The average Bonchev–Trinajstić information content (AvgIpc) is 2.27. The summed E-state index contributed by atoms with van der Waals surface area (Å²) in [4.78, 5) is 12.0. The van der Waals surface area contributed by atoms with Crippen molar-refractivity contribution in [3.63, 3.8) is 0 Å². The number of rotatable bonds is 4. The number of methoxy groups -OCH3 is 1. The molecule has 0 unspecified atom stereocenters. The standard InChI is InChI=1S/C13H16BrNO2/c1-17-10-5-6-12(14)11(7-10)13(16)15-8-9-3-2-4-9/h5-7,9H,2-4,8H2,1H3,(H,15,16). The van der Waals surface area contributed by atoms with E-state index in [2.05, 4.69) is 21.2 Å². The smallest absolute Gasteiger partial charge is 0.252 e. The van der Waals surface area contributed by atoms with Crippen LogP contribution in [0.5, 0.6) is 5.75 Å². The summed E-state index contributed by atoms with van der Waals surface area (Å²) >= 11 is 3.38. The highest BCUT2D eigenvalue weighted by Gasteiger charge is 2.19.